The molecule has 0 aliphatic carbocycles. The summed E-state index contributed by atoms with van der Waals surface area (Å²) in [4.78, 5) is 45.0. The fourth-order valence-electron chi connectivity index (χ4n) is 4.37. The molecule has 2 amide bonds. The first-order chi connectivity index (χ1) is 16.5. The molecule has 3 aromatic carbocycles. The molecular weight excluding hydrogens is 443 g/mol. The lowest BCUT2D eigenvalue weighted by Crippen LogP contribution is -2.37. The van der Waals surface area contributed by atoms with Crippen molar-refractivity contribution in [2.24, 2.45) is 5.92 Å². The van der Waals surface area contributed by atoms with Gasteiger partial charge in [0, 0.05) is 5.56 Å². The maximum absolute atomic E-state index is 13.6. The van der Waals surface area contributed by atoms with Crippen molar-refractivity contribution >= 4 is 29.2 Å². The Balaban J connectivity index is 1.59. The number of hydrogen-bond donors (Lipinski definition) is 1. The summed E-state index contributed by atoms with van der Waals surface area (Å²) in [6.45, 7) is -0.571. The summed E-state index contributed by atoms with van der Waals surface area (Å²) >= 11 is 0. The molecule has 34 heavy (non-hydrogen) atoms. The monoisotopic (exact) mass is 462 g/mol. The van der Waals surface area contributed by atoms with Crippen LogP contribution in [0.5, 0.6) is 5.75 Å². The van der Waals surface area contributed by atoms with Crippen molar-refractivity contribution in [3.8, 4) is 5.75 Å². The number of fused-ring (bicyclic) bond motifs is 1. The second-order valence-electron chi connectivity index (χ2n) is 7.87. The Labute approximate surface area is 193 Å². The van der Waals surface area contributed by atoms with Gasteiger partial charge in [-0.15, -0.1) is 0 Å². The molecule has 3 aromatic rings. The van der Waals surface area contributed by atoms with Crippen LogP contribution in [0.25, 0.3) is 0 Å². The van der Waals surface area contributed by atoms with Crippen molar-refractivity contribution in [2.45, 2.75) is 12.1 Å². The zero-order valence-electron chi connectivity index (χ0n) is 17.7. The molecule has 2 fully saturated rings. The number of carbonyl (C=O) groups excluding carboxylic acids is 2. The number of carbonyl (C=O) groups is 3. The third-order valence-electron chi connectivity index (χ3n) is 5.80. The van der Waals surface area contributed by atoms with Crippen molar-refractivity contribution in [2.75, 3.05) is 16.6 Å². The van der Waals surface area contributed by atoms with Crippen molar-refractivity contribution in [1.29, 1.82) is 0 Å². The fraction of sp³-hybridized carbons (Fsp3) is 0.160. The Morgan fingerprint density at radius 1 is 0.912 bits per heavy atom. The van der Waals surface area contributed by atoms with Crippen LogP contribution < -0.4 is 14.7 Å². The Kier molecular flexibility index (Phi) is 5.46. The lowest BCUT2D eigenvalue weighted by Gasteiger charge is -2.29. The molecule has 3 atom stereocenters. The first-order valence-electron chi connectivity index (χ1n) is 10.5. The third kappa shape index (κ3) is 3.65. The molecule has 172 valence electrons. The topological polar surface area (TPSA) is 96.4 Å². The first kappa shape index (κ1) is 21.6. The van der Waals surface area contributed by atoms with E-state index < -0.39 is 48.3 Å². The van der Waals surface area contributed by atoms with E-state index in [0.29, 0.717) is 11.3 Å². The second kappa shape index (κ2) is 8.60. The average Bonchev–Trinajstić information content (AvgIpc) is 3.35. The summed E-state index contributed by atoms with van der Waals surface area (Å²) in [7, 11) is 0. The fourth-order valence-corrected chi connectivity index (χ4v) is 4.37. The molecule has 3 unspecified atom stereocenters. The Morgan fingerprint density at radius 3 is 2.29 bits per heavy atom. The van der Waals surface area contributed by atoms with E-state index in [9.17, 15) is 18.8 Å². The van der Waals surface area contributed by atoms with E-state index in [2.05, 4.69) is 0 Å². The number of hydrogen-bond acceptors (Lipinski definition) is 6. The van der Waals surface area contributed by atoms with Gasteiger partial charge in [0.2, 0.25) is 5.91 Å². The molecule has 0 spiro atoms. The summed E-state index contributed by atoms with van der Waals surface area (Å²) in [6.07, 6.45) is -1.12. The minimum Gasteiger partial charge on any atom is -0.482 e. The van der Waals surface area contributed by atoms with Gasteiger partial charge < -0.3 is 9.84 Å². The summed E-state index contributed by atoms with van der Waals surface area (Å²) in [6, 6.07) is 20.0. The van der Waals surface area contributed by atoms with Crippen LogP contribution in [0.1, 0.15) is 11.6 Å². The normalized spacial score (nSPS) is 21.6. The minimum absolute atomic E-state index is 0.245. The number of carboxylic acids is 1. The molecule has 9 heteroatoms. The summed E-state index contributed by atoms with van der Waals surface area (Å²) in [5, 5.41) is 10.6. The van der Waals surface area contributed by atoms with Crippen molar-refractivity contribution in [3.63, 3.8) is 0 Å². The van der Waals surface area contributed by atoms with Crippen LogP contribution in [0.4, 0.5) is 15.8 Å². The molecule has 0 aromatic heterocycles. The molecule has 2 aliphatic heterocycles. The standard InChI is InChI=1S/C25H19FN2O6/c26-15-10-12-16(13-11-15)27-24(31)21-22(18-8-4-5-9-19(18)33-14-20(29)30)28(34-23(21)25(27)32)17-6-2-1-3-7-17/h1-13,21-23H,14H2,(H,29,30). The summed E-state index contributed by atoms with van der Waals surface area (Å²) < 4.78 is 18.9. The van der Waals surface area contributed by atoms with E-state index in [1.807, 2.05) is 6.07 Å². The molecule has 2 heterocycles. The van der Waals surface area contributed by atoms with Gasteiger partial charge in [-0.1, -0.05) is 36.4 Å². The molecule has 8 nitrogen and oxygen atoms in total. The molecular formula is C25H19FN2O6. The number of ether oxygens (including phenoxy) is 1. The number of aliphatic carboxylic acids is 1. The van der Waals surface area contributed by atoms with Crippen LogP contribution >= 0.6 is 0 Å². The number of amides is 2. The lowest BCUT2D eigenvalue weighted by atomic mass is 9.90. The molecule has 2 saturated heterocycles. The predicted molar refractivity (Wildman–Crippen MR) is 118 cm³/mol. The number of hydroxylamine groups is 1. The highest BCUT2D eigenvalue weighted by molar-refractivity contribution is 6.23. The predicted octanol–water partition coefficient (Wildman–Crippen LogP) is 3.34. The van der Waals surface area contributed by atoms with Crippen molar-refractivity contribution in [3.05, 3.63) is 90.2 Å². The number of halogens is 1. The van der Waals surface area contributed by atoms with E-state index in [1.54, 1.807) is 48.5 Å². The van der Waals surface area contributed by atoms with Gasteiger partial charge in [0.05, 0.1) is 17.4 Å². The molecule has 0 bridgehead atoms. The van der Waals surface area contributed by atoms with E-state index in [1.165, 1.54) is 29.3 Å². The van der Waals surface area contributed by atoms with Gasteiger partial charge in [0.25, 0.3) is 5.91 Å². The minimum atomic E-state index is -1.15. The number of para-hydroxylation sites is 2. The maximum Gasteiger partial charge on any atom is 0.341 e. The molecule has 1 N–H and O–H groups in total. The zero-order valence-corrected chi connectivity index (χ0v) is 17.7. The highest BCUT2D eigenvalue weighted by atomic mass is 19.1. The van der Waals surface area contributed by atoms with Gasteiger partial charge in [0.1, 0.15) is 17.5 Å². The summed E-state index contributed by atoms with van der Waals surface area (Å²) in [5.74, 6) is -3.37. The average molecular weight is 462 g/mol. The second-order valence-corrected chi connectivity index (χ2v) is 7.87. The van der Waals surface area contributed by atoms with E-state index in [4.69, 9.17) is 14.7 Å². The number of nitrogens with zero attached hydrogens (tertiary/aromatic N) is 2. The Hall–Kier alpha value is -4.24. The highest BCUT2D eigenvalue weighted by Gasteiger charge is 2.60. The Bertz CT molecular complexity index is 1250. The number of rotatable bonds is 6. The van der Waals surface area contributed by atoms with Gasteiger partial charge in [-0.05, 0) is 42.5 Å². The van der Waals surface area contributed by atoms with Crippen LogP contribution in [0, 0.1) is 11.7 Å². The largest absolute Gasteiger partial charge is 0.482 e. The number of carboxylic acid groups (broad SMARTS) is 1. The van der Waals surface area contributed by atoms with Crippen LogP contribution in [0.3, 0.4) is 0 Å². The summed E-state index contributed by atoms with van der Waals surface area (Å²) in [5.41, 5.74) is 1.36. The third-order valence-corrected chi connectivity index (χ3v) is 5.80. The van der Waals surface area contributed by atoms with Crippen LogP contribution in [0.15, 0.2) is 78.9 Å². The molecule has 0 radical (unpaired) electrons. The van der Waals surface area contributed by atoms with E-state index in [-0.39, 0.29) is 11.4 Å². The Morgan fingerprint density at radius 2 is 1.59 bits per heavy atom. The molecule has 2 aliphatic rings. The number of imide groups is 1. The first-order valence-corrected chi connectivity index (χ1v) is 10.5. The van der Waals surface area contributed by atoms with Gasteiger partial charge in [0.15, 0.2) is 12.7 Å². The maximum atomic E-state index is 13.6. The van der Waals surface area contributed by atoms with E-state index in [0.717, 1.165) is 4.90 Å². The van der Waals surface area contributed by atoms with Gasteiger partial charge in [-0.2, -0.15) is 0 Å². The van der Waals surface area contributed by atoms with Gasteiger partial charge in [-0.25, -0.2) is 19.1 Å². The van der Waals surface area contributed by atoms with Crippen molar-refractivity contribution < 1.29 is 33.5 Å². The molecule has 0 saturated carbocycles. The zero-order chi connectivity index (χ0) is 23.8. The van der Waals surface area contributed by atoms with Crippen molar-refractivity contribution in [1.82, 2.24) is 0 Å². The van der Waals surface area contributed by atoms with Crippen LogP contribution in [0.2, 0.25) is 0 Å². The van der Waals surface area contributed by atoms with Crippen LogP contribution in [-0.2, 0) is 19.2 Å². The molecule has 5 rings (SSSR count). The number of benzene rings is 3. The lowest BCUT2D eigenvalue weighted by molar-refractivity contribution is -0.139. The quantitative estimate of drug-likeness (QED) is 0.562. The highest BCUT2D eigenvalue weighted by Crippen LogP contribution is 2.49. The number of anilines is 2. The smallest absolute Gasteiger partial charge is 0.341 e. The van der Waals surface area contributed by atoms with E-state index >= 15 is 0 Å². The van der Waals surface area contributed by atoms with Crippen LogP contribution in [-0.4, -0.2) is 35.6 Å². The van der Waals surface area contributed by atoms with Gasteiger partial charge in [-0.3, -0.25) is 14.4 Å². The SMILES string of the molecule is O=C(O)COc1ccccc1C1C2C(=O)N(c3ccc(F)cc3)C(=O)C2ON1c1ccccc1. The van der Waals surface area contributed by atoms with Gasteiger partial charge >= 0.3 is 5.97 Å².